The summed E-state index contributed by atoms with van der Waals surface area (Å²) in [5.74, 6) is 2.34. The summed E-state index contributed by atoms with van der Waals surface area (Å²) in [5.41, 5.74) is 1.68. The van der Waals surface area contributed by atoms with Gasteiger partial charge in [-0.3, -0.25) is 4.79 Å². The Morgan fingerprint density at radius 3 is 2.49 bits per heavy atom. The summed E-state index contributed by atoms with van der Waals surface area (Å²) in [7, 11) is 1.62. The lowest BCUT2D eigenvalue weighted by Crippen LogP contribution is -2.13. The van der Waals surface area contributed by atoms with Crippen LogP contribution in [-0.4, -0.2) is 34.0 Å². The first kappa shape index (κ1) is 23.1. The van der Waals surface area contributed by atoms with Crippen molar-refractivity contribution in [2.45, 2.75) is 4.34 Å². The number of carbonyl (C=O) groups excluding carboxylic acids is 1. The molecule has 0 aliphatic heterocycles. The van der Waals surface area contributed by atoms with Gasteiger partial charge < -0.3 is 20.1 Å². The smallest absolute Gasteiger partial charge is 0.236 e. The third kappa shape index (κ3) is 6.07. The largest absolute Gasteiger partial charge is 0.497 e. The van der Waals surface area contributed by atoms with E-state index in [4.69, 9.17) is 9.47 Å². The van der Waals surface area contributed by atoms with E-state index in [1.165, 1.54) is 34.4 Å². The number of fused-ring (bicyclic) bond motifs is 1. The molecule has 2 N–H and O–H groups in total. The summed E-state index contributed by atoms with van der Waals surface area (Å²) in [6.07, 6.45) is 0. The van der Waals surface area contributed by atoms with Crippen LogP contribution >= 0.6 is 34.4 Å². The number of hydrogen-bond donors (Lipinski definition) is 2. The molecule has 5 rings (SSSR count). The van der Waals surface area contributed by atoms with E-state index in [1.54, 1.807) is 7.11 Å². The second-order valence-corrected chi connectivity index (χ2v) is 10.4. The van der Waals surface area contributed by atoms with Gasteiger partial charge in [0.15, 0.2) is 9.47 Å². The molecule has 0 saturated carbocycles. The van der Waals surface area contributed by atoms with Gasteiger partial charge in [0.05, 0.1) is 23.1 Å². The monoisotopic (exact) mass is 521 g/mol. The number of thioether (sulfide) groups is 1. The van der Waals surface area contributed by atoms with Crippen LogP contribution in [0, 0.1) is 0 Å². The first-order chi connectivity index (χ1) is 17.1. The lowest BCUT2D eigenvalue weighted by Gasteiger charge is -2.06. The molecule has 0 spiro atoms. The van der Waals surface area contributed by atoms with Gasteiger partial charge in [0.25, 0.3) is 0 Å². The zero-order chi connectivity index (χ0) is 24.0. The minimum absolute atomic E-state index is 0.153. The fourth-order valence-electron chi connectivity index (χ4n) is 3.04. The number of carbonyl (C=O) groups is 1. The van der Waals surface area contributed by atoms with Crippen molar-refractivity contribution in [1.29, 1.82) is 0 Å². The van der Waals surface area contributed by atoms with Crippen molar-refractivity contribution in [3.63, 3.8) is 0 Å². The lowest BCUT2D eigenvalue weighted by atomic mass is 10.3. The zero-order valence-electron chi connectivity index (χ0n) is 18.4. The van der Waals surface area contributed by atoms with Crippen molar-refractivity contribution in [3.05, 3.63) is 72.8 Å². The quantitative estimate of drug-likeness (QED) is 0.214. The number of nitrogens with zero attached hydrogens (tertiary/aromatic N) is 3. The highest BCUT2D eigenvalue weighted by Crippen LogP contribution is 2.31. The minimum Gasteiger partial charge on any atom is -0.497 e. The minimum atomic E-state index is -0.153. The number of aromatic nitrogens is 3. The number of amides is 1. The van der Waals surface area contributed by atoms with E-state index < -0.39 is 0 Å². The first-order valence-electron chi connectivity index (χ1n) is 10.5. The normalized spacial score (nSPS) is 10.8. The SMILES string of the molecule is COc1ccc2nc(NC(=O)CSc3nnc(Nc4ccc(Oc5ccccc5)cc4)s3)sc2c1. The molecule has 2 aromatic heterocycles. The van der Waals surface area contributed by atoms with E-state index in [1.807, 2.05) is 72.8 Å². The molecule has 5 aromatic rings. The predicted molar refractivity (Wildman–Crippen MR) is 142 cm³/mol. The standard InChI is InChI=1S/C24H19N5O3S3/c1-31-18-11-12-19-20(13-18)34-22(26-19)27-21(30)14-33-24-29-28-23(35-24)25-15-7-9-17(10-8-15)32-16-5-3-2-4-6-16/h2-13H,14H2,1H3,(H,25,28)(H,26,27,30). The van der Waals surface area contributed by atoms with Crippen LogP contribution in [0.25, 0.3) is 10.2 Å². The Labute approximate surface area is 213 Å². The Balaban J connectivity index is 1.12. The summed E-state index contributed by atoms with van der Waals surface area (Å²) >= 11 is 4.11. The van der Waals surface area contributed by atoms with E-state index in [-0.39, 0.29) is 11.7 Å². The average molecular weight is 522 g/mol. The Morgan fingerprint density at radius 1 is 0.914 bits per heavy atom. The lowest BCUT2D eigenvalue weighted by molar-refractivity contribution is -0.113. The second-order valence-electron chi connectivity index (χ2n) is 7.13. The molecule has 1 amide bonds. The Hall–Kier alpha value is -3.67. The van der Waals surface area contributed by atoms with Crippen LogP contribution in [0.1, 0.15) is 0 Å². The number of hydrogen-bond acceptors (Lipinski definition) is 10. The highest BCUT2D eigenvalue weighted by molar-refractivity contribution is 8.01. The molecule has 35 heavy (non-hydrogen) atoms. The molecule has 0 bridgehead atoms. The van der Waals surface area contributed by atoms with Crippen molar-refractivity contribution in [2.24, 2.45) is 0 Å². The molecule has 0 saturated heterocycles. The molecule has 0 aliphatic rings. The molecular formula is C24H19N5O3S3. The van der Waals surface area contributed by atoms with E-state index in [2.05, 4.69) is 25.8 Å². The Bertz CT molecular complexity index is 1440. The average Bonchev–Trinajstić information content (AvgIpc) is 3.50. The maximum absolute atomic E-state index is 12.4. The third-order valence-corrected chi connectivity index (χ3v) is 7.57. The highest BCUT2D eigenvalue weighted by Gasteiger charge is 2.12. The van der Waals surface area contributed by atoms with Crippen LogP contribution in [0.15, 0.2) is 77.1 Å². The number of anilines is 3. The molecule has 8 nitrogen and oxygen atoms in total. The molecule has 0 radical (unpaired) electrons. The third-order valence-electron chi connectivity index (χ3n) is 4.66. The van der Waals surface area contributed by atoms with Crippen LogP contribution < -0.4 is 20.1 Å². The molecule has 0 aliphatic carbocycles. The molecule has 0 atom stereocenters. The van der Waals surface area contributed by atoms with Crippen LogP contribution in [0.3, 0.4) is 0 Å². The van der Waals surface area contributed by atoms with Gasteiger partial charge >= 0.3 is 0 Å². The topological polar surface area (TPSA) is 98.3 Å². The second kappa shape index (κ2) is 10.7. The van der Waals surface area contributed by atoms with Crippen LogP contribution in [0.5, 0.6) is 17.2 Å². The van der Waals surface area contributed by atoms with Gasteiger partial charge in [0, 0.05) is 5.69 Å². The van der Waals surface area contributed by atoms with Gasteiger partial charge in [0.2, 0.25) is 11.0 Å². The highest BCUT2D eigenvalue weighted by atomic mass is 32.2. The summed E-state index contributed by atoms with van der Waals surface area (Å²) in [6, 6.07) is 22.8. The van der Waals surface area contributed by atoms with Gasteiger partial charge in [-0.15, -0.1) is 10.2 Å². The Kier molecular flexibility index (Phi) is 7.07. The van der Waals surface area contributed by atoms with Crippen molar-refractivity contribution in [1.82, 2.24) is 15.2 Å². The number of ether oxygens (including phenoxy) is 2. The maximum atomic E-state index is 12.4. The molecular weight excluding hydrogens is 502 g/mol. The van der Waals surface area contributed by atoms with Crippen LogP contribution in [-0.2, 0) is 4.79 Å². The van der Waals surface area contributed by atoms with Gasteiger partial charge in [-0.1, -0.05) is 52.6 Å². The van der Waals surface area contributed by atoms with Crippen LogP contribution in [0.2, 0.25) is 0 Å². The fourth-order valence-corrected chi connectivity index (χ4v) is 5.52. The fraction of sp³-hybridized carbons (Fsp3) is 0.0833. The van der Waals surface area contributed by atoms with Gasteiger partial charge in [-0.05, 0) is 54.6 Å². The molecule has 176 valence electrons. The summed E-state index contributed by atoms with van der Waals surface area (Å²) < 4.78 is 12.7. The van der Waals surface area contributed by atoms with Gasteiger partial charge in [0.1, 0.15) is 17.2 Å². The number of benzene rings is 3. The summed E-state index contributed by atoms with van der Waals surface area (Å²) in [5, 5.41) is 15.6. The number of para-hydroxylation sites is 1. The maximum Gasteiger partial charge on any atom is 0.236 e. The number of thiazole rings is 1. The molecule has 2 heterocycles. The van der Waals surface area contributed by atoms with E-state index in [9.17, 15) is 4.79 Å². The van der Waals surface area contributed by atoms with Crippen LogP contribution in [0.4, 0.5) is 16.0 Å². The van der Waals surface area contributed by atoms with Crippen molar-refractivity contribution in [3.8, 4) is 17.2 Å². The van der Waals surface area contributed by atoms with E-state index in [0.717, 1.165) is 33.2 Å². The van der Waals surface area contributed by atoms with Gasteiger partial charge in [-0.25, -0.2) is 4.98 Å². The number of methoxy groups -OCH3 is 1. The molecule has 11 heteroatoms. The van der Waals surface area contributed by atoms with Crippen molar-refractivity contribution >= 4 is 66.5 Å². The molecule has 0 fully saturated rings. The van der Waals surface area contributed by atoms with Gasteiger partial charge in [-0.2, -0.15) is 0 Å². The summed E-state index contributed by atoms with van der Waals surface area (Å²) in [6.45, 7) is 0. The first-order valence-corrected chi connectivity index (χ1v) is 13.1. The number of rotatable bonds is 9. The predicted octanol–water partition coefficient (Wildman–Crippen LogP) is 6.42. The van der Waals surface area contributed by atoms with E-state index >= 15 is 0 Å². The Morgan fingerprint density at radius 2 is 1.69 bits per heavy atom. The zero-order valence-corrected chi connectivity index (χ0v) is 20.9. The number of nitrogens with one attached hydrogen (secondary N) is 2. The van der Waals surface area contributed by atoms with E-state index in [0.29, 0.717) is 14.6 Å². The van der Waals surface area contributed by atoms with Crippen molar-refractivity contribution < 1.29 is 14.3 Å². The molecule has 3 aromatic carbocycles. The van der Waals surface area contributed by atoms with Crippen molar-refractivity contribution in [2.75, 3.05) is 23.5 Å². The molecule has 0 unspecified atom stereocenters. The summed E-state index contributed by atoms with van der Waals surface area (Å²) in [4.78, 5) is 16.8.